The molecule has 1 amide bonds. The molecule has 0 fully saturated rings. The smallest absolute Gasteiger partial charge is 0.243 e. The minimum atomic E-state index is -0.226. The highest BCUT2D eigenvalue weighted by atomic mass is 127. The lowest BCUT2D eigenvalue weighted by Crippen LogP contribution is -2.39. The van der Waals surface area contributed by atoms with E-state index < -0.39 is 0 Å². The molecule has 0 saturated carbocycles. The standard InChI is InChI=1S/C17H25FN4O.HI/c1-5-9-19-17(21-12-16(23)22(3)4)20-10-8-14-6-7-15(18)11-13(14)2;/h5-7,11H,1,8-10,12H2,2-4H3,(H2,19,20,21);1H. The molecule has 134 valence electrons. The number of benzene rings is 1. The summed E-state index contributed by atoms with van der Waals surface area (Å²) in [6.45, 7) is 6.80. The van der Waals surface area contributed by atoms with Crippen LogP contribution in [0.5, 0.6) is 0 Å². The maximum Gasteiger partial charge on any atom is 0.243 e. The van der Waals surface area contributed by atoms with Crippen LogP contribution in [0, 0.1) is 12.7 Å². The largest absolute Gasteiger partial charge is 0.356 e. The molecule has 1 aromatic rings. The molecule has 0 aliphatic heterocycles. The van der Waals surface area contributed by atoms with Gasteiger partial charge in [0.25, 0.3) is 0 Å². The van der Waals surface area contributed by atoms with Crippen molar-refractivity contribution in [2.75, 3.05) is 33.7 Å². The number of halogens is 2. The summed E-state index contributed by atoms with van der Waals surface area (Å²) in [5, 5.41) is 6.23. The Morgan fingerprint density at radius 1 is 1.38 bits per heavy atom. The number of aryl methyl sites for hydroxylation is 1. The zero-order valence-corrected chi connectivity index (χ0v) is 16.8. The Hall–Kier alpha value is -1.64. The Bertz CT molecular complexity index is 576. The van der Waals surface area contributed by atoms with Crippen molar-refractivity contribution in [3.8, 4) is 0 Å². The van der Waals surface area contributed by atoms with E-state index in [0.29, 0.717) is 19.0 Å². The summed E-state index contributed by atoms with van der Waals surface area (Å²) in [5.74, 6) is 0.259. The maximum atomic E-state index is 13.1. The number of amides is 1. The molecule has 0 atom stereocenters. The number of likely N-dealkylation sites (N-methyl/N-ethyl adjacent to an activating group) is 1. The first kappa shape index (κ1) is 22.4. The van der Waals surface area contributed by atoms with E-state index in [-0.39, 0.29) is 42.2 Å². The number of hydrogen-bond donors (Lipinski definition) is 2. The van der Waals surface area contributed by atoms with Crippen LogP contribution in [-0.2, 0) is 11.2 Å². The average Bonchev–Trinajstić information content (AvgIpc) is 2.50. The molecule has 0 aliphatic rings. The molecular formula is C17H26FIN4O. The fourth-order valence-electron chi connectivity index (χ4n) is 1.89. The van der Waals surface area contributed by atoms with Crippen molar-refractivity contribution in [3.05, 3.63) is 47.8 Å². The highest BCUT2D eigenvalue weighted by Crippen LogP contribution is 2.10. The number of carbonyl (C=O) groups is 1. The Morgan fingerprint density at radius 3 is 2.67 bits per heavy atom. The van der Waals surface area contributed by atoms with E-state index >= 15 is 0 Å². The molecule has 7 heteroatoms. The van der Waals surface area contributed by atoms with Crippen molar-refractivity contribution in [2.24, 2.45) is 4.99 Å². The van der Waals surface area contributed by atoms with Gasteiger partial charge in [-0.15, -0.1) is 30.6 Å². The molecule has 1 aromatic carbocycles. The van der Waals surface area contributed by atoms with Crippen LogP contribution in [0.1, 0.15) is 11.1 Å². The maximum absolute atomic E-state index is 13.1. The summed E-state index contributed by atoms with van der Waals surface area (Å²) >= 11 is 0. The molecule has 0 bridgehead atoms. The van der Waals surface area contributed by atoms with Crippen LogP contribution < -0.4 is 10.6 Å². The Morgan fingerprint density at radius 2 is 2.08 bits per heavy atom. The number of rotatable bonds is 7. The first-order chi connectivity index (χ1) is 10.9. The Labute approximate surface area is 160 Å². The first-order valence-corrected chi connectivity index (χ1v) is 7.52. The highest BCUT2D eigenvalue weighted by molar-refractivity contribution is 14.0. The third-order valence-electron chi connectivity index (χ3n) is 3.28. The summed E-state index contributed by atoms with van der Waals surface area (Å²) in [6.07, 6.45) is 2.46. The van der Waals surface area contributed by atoms with Crippen molar-refractivity contribution < 1.29 is 9.18 Å². The fraction of sp³-hybridized carbons (Fsp3) is 0.412. The zero-order chi connectivity index (χ0) is 17.2. The van der Waals surface area contributed by atoms with Gasteiger partial charge >= 0.3 is 0 Å². The first-order valence-electron chi connectivity index (χ1n) is 7.52. The number of nitrogens with one attached hydrogen (secondary N) is 2. The van der Waals surface area contributed by atoms with E-state index in [0.717, 1.165) is 17.5 Å². The quantitative estimate of drug-likeness (QED) is 0.291. The summed E-state index contributed by atoms with van der Waals surface area (Å²) in [6, 6.07) is 4.77. The van der Waals surface area contributed by atoms with Gasteiger partial charge in [-0.3, -0.25) is 4.79 Å². The molecule has 0 aromatic heterocycles. The molecule has 0 spiro atoms. The Balaban J connectivity index is 0.00000529. The fourth-order valence-corrected chi connectivity index (χ4v) is 1.89. The second-order valence-corrected chi connectivity index (χ2v) is 5.37. The minimum Gasteiger partial charge on any atom is -0.356 e. The van der Waals surface area contributed by atoms with Gasteiger partial charge in [0.1, 0.15) is 12.4 Å². The molecule has 24 heavy (non-hydrogen) atoms. The van der Waals surface area contributed by atoms with E-state index in [2.05, 4.69) is 22.2 Å². The van der Waals surface area contributed by atoms with E-state index in [1.54, 1.807) is 26.2 Å². The third-order valence-corrected chi connectivity index (χ3v) is 3.28. The number of carbonyl (C=O) groups excluding carboxylic acids is 1. The SMILES string of the molecule is C=CCNC(=NCC(=O)N(C)C)NCCc1ccc(F)cc1C.I. The van der Waals surface area contributed by atoms with Gasteiger partial charge in [-0.2, -0.15) is 0 Å². The number of hydrogen-bond acceptors (Lipinski definition) is 2. The van der Waals surface area contributed by atoms with Crippen molar-refractivity contribution in [2.45, 2.75) is 13.3 Å². The Kier molecular flexibility index (Phi) is 11.0. The minimum absolute atomic E-state index is 0. The van der Waals surface area contributed by atoms with Gasteiger partial charge in [-0.1, -0.05) is 12.1 Å². The highest BCUT2D eigenvalue weighted by Gasteiger charge is 2.05. The van der Waals surface area contributed by atoms with Gasteiger partial charge in [-0.05, 0) is 36.6 Å². The molecule has 5 nitrogen and oxygen atoms in total. The molecule has 1 rings (SSSR count). The summed E-state index contributed by atoms with van der Waals surface area (Å²) < 4.78 is 13.1. The summed E-state index contributed by atoms with van der Waals surface area (Å²) in [7, 11) is 3.39. The van der Waals surface area contributed by atoms with Gasteiger partial charge < -0.3 is 15.5 Å². The monoisotopic (exact) mass is 448 g/mol. The molecule has 0 heterocycles. The van der Waals surface area contributed by atoms with Crippen molar-refractivity contribution in [1.29, 1.82) is 0 Å². The van der Waals surface area contributed by atoms with Gasteiger partial charge in [0.05, 0.1) is 0 Å². The van der Waals surface area contributed by atoms with E-state index in [4.69, 9.17) is 0 Å². The third kappa shape index (κ3) is 8.28. The molecule has 0 saturated heterocycles. The molecule has 0 radical (unpaired) electrons. The second kappa shape index (κ2) is 11.8. The predicted octanol–water partition coefficient (Wildman–Crippen LogP) is 2.10. The lowest BCUT2D eigenvalue weighted by molar-refractivity contribution is -0.127. The molecule has 2 N–H and O–H groups in total. The van der Waals surface area contributed by atoms with Crippen LogP contribution in [0.2, 0.25) is 0 Å². The van der Waals surface area contributed by atoms with Gasteiger partial charge in [0.15, 0.2) is 5.96 Å². The number of guanidine groups is 1. The van der Waals surface area contributed by atoms with Crippen LogP contribution in [-0.4, -0.2) is 50.5 Å². The van der Waals surface area contributed by atoms with Crippen LogP contribution in [0.4, 0.5) is 4.39 Å². The van der Waals surface area contributed by atoms with Gasteiger partial charge in [-0.25, -0.2) is 9.38 Å². The van der Waals surface area contributed by atoms with E-state index in [1.165, 1.54) is 17.0 Å². The normalized spacial score (nSPS) is 10.6. The van der Waals surface area contributed by atoms with E-state index in [1.807, 2.05) is 6.92 Å². The topological polar surface area (TPSA) is 56.7 Å². The van der Waals surface area contributed by atoms with Crippen LogP contribution in [0.3, 0.4) is 0 Å². The van der Waals surface area contributed by atoms with Crippen LogP contribution >= 0.6 is 24.0 Å². The van der Waals surface area contributed by atoms with Crippen LogP contribution in [0.15, 0.2) is 35.8 Å². The van der Waals surface area contributed by atoms with Crippen molar-refractivity contribution in [3.63, 3.8) is 0 Å². The molecule has 0 unspecified atom stereocenters. The molecular weight excluding hydrogens is 422 g/mol. The average molecular weight is 448 g/mol. The zero-order valence-electron chi connectivity index (χ0n) is 14.4. The van der Waals surface area contributed by atoms with Crippen molar-refractivity contribution >= 4 is 35.8 Å². The number of nitrogens with zero attached hydrogens (tertiary/aromatic N) is 2. The molecule has 0 aliphatic carbocycles. The van der Waals surface area contributed by atoms with E-state index in [9.17, 15) is 9.18 Å². The van der Waals surface area contributed by atoms with Gasteiger partial charge in [0, 0.05) is 27.2 Å². The van der Waals surface area contributed by atoms with Crippen molar-refractivity contribution in [1.82, 2.24) is 15.5 Å². The number of aliphatic imine (C=N–C) groups is 1. The summed E-state index contributed by atoms with van der Waals surface area (Å²) in [5.41, 5.74) is 2.00. The van der Waals surface area contributed by atoms with Crippen LogP contribution in [0.25, 0.3) is 0 Å². The lowest BCUT2D eigenvalue weighted by atomic mass is 10.1. The lowest BCUT2D eigenvalue weighted by Gasteiger charge is -2.13. The summed E-state index contributed by atoms with van der Waals surface area (Å²) in [4.78, 5) is 17.3. The van der Waals surface area contributed by atoms with Gasteiger partial charge in [0.2, 0.25) is 5.91 Å². The second-order valence-electron chi connectivity index (χ2n) is 5.37. The predicted molar refractivity (Wildman–Crippen MR) is 107 cm³/mol.